The number of hydrogen-bond acceptors (Lipinski definition) is 4. The number of carbonyl (C=O) groups is 1. The molecule has 34 heavy (non-hydrogen) atoms. The van der Waals surface area contributed by atoms with E-state index >= 15 is 0 Å². The van der Waals surface area contributed by atoms with E-state index in [1.54, 1.807) is 0 Å². The summed E-state index contributed by atoms with van der Waals surface area (Å²) in [6.07, 6.45) is 1.45. The van der Waals surface area contributed by atoms with Crippen LogP contribution in [0.25, 0.3) is 5.69 Å². The van der Waals surface area contributed by atoms with Gasteiger partial charge in [-0.3, -0.25) is 9.78 Å². The summed E-state index contributed by atoms with van der Waals surface area (Å²) in [5, 5.41) is 5.41. The summed E-state index contributed by atoms with van der Waals surface area (Å²) in [4.78, 5) is 17.5. The van der Waals surface area contributed by atoms with Crippen molar-refractivity contribution >= 4 is 25.7 Å². The molecule has 0 amide bonds. The molecular formula is C27H36ClN3O2Si. The highest BCUT2D eigenvalue weighted by molar-refractivity contribution is 6.74. The Hall–Kier alpha value is -2.28. The number of halogens is 1. The second-order valence-electron chi connectivity index (χ2n) is 10.5. The fourth-order valence-corrected chi connectivity index (χ4v) is 4.64. The molecule has 0 atom stereocenters. The van der Waals surface area contributed by atoms with Crippen LogP contribution in [0.5, 0.6) is 0 Å². The molecule has 0 saturated heterocycles. The van der Waals surface area contributed by atoms with E-state index in [1.165, 1.54) is 0 Å². The molecule has 182 valence electrons. The summed E-state index contributed by atoms with van der Waals surface area (Å²) >= 11 is 6.15. The lowest BCUT2D eigenvalue weighted by Crippen LogP contribution is -2.40. The molecule has 3 rings (SSSR count). The molecule has 0 unspecified atom stereocenters. The quantitative estimate of drug-likeness (QED) is 0.305. The largest absolute Gasteiger partial charge is 0.411 e. The van der Waals surface area contributed by atoms with Crippen molar-refractivity contribution in [1.82, 2.24) is 14.8 Å². The Labute approximate surface area is 209 Å². The summed E-state index contributed by atoms with van der Waals surface area (Å²) in [5.41, 5.74) is 5.60. The summed E-state index contributed by atoms with van der Waals surface area (Å²) in [7, 11) is -1.83. The van der Waals surface area contributed by atoms with Gasteiger partial charge in [0.1, 0.15) is 5.78 Å². The van der Waals surface area contributed by atoms with Crippen LogP contribution in [-0.4, -0.2) is 28.9 Å². The maximum atomic E-state index is 12.8. The average Bonchev–Trinajstić information content (AvgIpc) is 3.12. The maximum Gasteiger partial charge on any atom is 0.192 e. The van der Waals surface area contributed by atoms with Gasteiger partial charge in [0.15, 0.2) is 8.32 Å². The lowest BCUT2D eigenvalue weighted by molar-refractivity contribution is -0.118. The SMILES string of the molecule is Cc1cc(CCC(=O)Cc2ccc(CO[Si](C)(C)C(C)(C)C)nc2C)n(-c2cccc(Cl)c2)n1. The third kappa shape index (κ3) is 6.65. The van der Waals surface area contributed by atoms with Gasteiger partial charge in [0.25, 0.3) is 0 Å². The van der Waals surface area contributed by atoms with E-state index in [0.717, 1.165) is 34.0 Å². The molecule has 0 saturated carbocycles. The van der Waals surface area contributed by atoms with Crippen LogP contribution in [0.3, 0.4) is 0 Å². The van der Waals surface area contributed by atoms with E-state index in [-0.39, 0.29) is 10.8 Å². The Balaban J connectivity index is 1.61. The second-order valence-corrected chi connectivity index (χ2v) is 15.7. The third-order valence-corrected chi connectivity index (χ3v) is 11.4. The Morgan fingerprint density at radius 1 is 1.12 bits per heavy atom. The molecule has 0 bridgehead atoms. The van der Waals surface area contributed by atoms with Crippen LogP contribution in [-0.2, 0) is 28.7 Å². The van der Waals surface area contributed by atoms with E-state index < -0.39 is 8.32 Å². The molecule has 0 spiro atoms. The Morgan fingerprint density at radius 3 is 2.50 bits per heavy atom. The number of ketones is 1. The first-order valence-electron chi connectivity index (χ1n) is 11.8. The number of aromatic nitrogens is 3. The minimum Gasteiger partial charge on any atom is -0.411 e. The third-order valence-electron chi connectivity index (χ3n) is 6.65. The van der Waals surface area contributed by atoms with Gasteiger partial charge in [0.05, 0.1) is 23.7 Å². The van der Waals surface area contributed by atoms with Gasteiger partial charge in [-0.1, -0.05) is 44.5 Å². The van der Waals surface area contributed by atoms with Gasteiger partial charge in [-0.15, -0.1) is 0 Å². The summed E-state index contributed by atoms with van der Waals surface area (Å²) in [6, 6.07) is 13.6. The van der Waals surface area contributed by atoms with Crippen LogP contribution >= 0.6 is 11.6 Å². The van der Waals surface area contributed by atoms with Crippen molar-refractivity contribution < 1.29 is 9.22 Å². The number of rotatable bonds is 9. The van der Waals surface area contributed by atoms with Crippen LogP contribution in [0.1, 0.15) is 55.5 Å². The van der Waals surface area contributed by atoms with Crippen LogP contribution in [0.4, 0.5) is 0 Å². The predicted molar refractivity (Wildman–Crippen MR) is 141 cm³/mol. The van der Waals surface area contributed by atoms with E-state index in [2.05, 4.69) is 39.0 Å². The highest BCUT2D eigenvalue weighted by atomic mass is 35.5. The summed E-state index contributed by atoms with van der Waals surface area (Å²) in [5.74, 6) is 0.187. The zero-order chi connectivity index (χ0) is 25.1. The molecule has 0 fully saturated rings. The van der Waals surface area contributed by atoms with Crippen molar-refractivity contribution in [2.75, 3.05) is 0 Å². The number of Topliss-reactive ketones (excluding diaryl/α,β-unsaturated/α-hetero) is 1. The Morgan fingerprint density at radius 2 is 1.85 bits per heavy atom. The molecule has 3 aromatic rings. The normalized spacial score (nSPS) is 12.2. The highest BCUT2D eigenvalue weighted by Gasteiger charge is 2.37. The number of carbonyl (C=O) groups excluding carboxylic acids is 1. The van der Waals surface area contributed by atoms with Crippen molar-refractivity contribution in [3.8, 4) is 5.69 Å². The number of pyridine rings is 1. The zero-order valence-electron chi connectivity index (χ0n) is 21.4. The average molecular weight is 498 g/mol. The van der Waals surface area contributed by atoms with Crippen LogP contribution in [0, 0.1) is 13.8 Å². The van der Waals surface area contributed by atoms with Gasteiger partial charge in [-0.25, -0.2) is 4.68 Å². The van der Waals surface area contributed by atoms with Crippen LogP contribution in [0.15, 0.2) is 42.5 Å². The van der Waals surface area contributed by atoms with Gasteiger partial charge in [-0.2, -0.15) is 5.10 Å². The van der Waals surface area contributed by atoms with E-state index in [4.69, 9.17) is 21.0 Å². The first-order valence-corrected chi connectivity index (χ1v) is 15.1. The minimum atomic E-state index is -1.83. The Kier molecular flexibility index (Phi) is 8.16. The van der Waals surface area contributed by atoms with Crippen LogP contribution in [0.2, 0.25) is 23.2 Å². The minimum absolute atomic E-state index is 0.162. The summed E-state index contributed by atoms with van der Waals surface area (Å²) < 4.78 is 8.17. The van der Waals surface area contributed by atoms with Crippen molar-refractivity contribution in [3.63, 3.8) is 0 Å². The van der Waals surface area contributed by atoms with Crippen molar-refractivity contribution in [2.45, 2.75) is 78.6 Å². The monoisotopic (exact) mass is 497 g/mol. The fourth-order valence-electron chi connectivity index (χ4n) is 3.51. The molecule has 0 aliphatic heterocycles. The van der Waals surface area contributed by atoms with Crippen molar-refractivity contribution in [3.05, 3.63) is 75.8 Å². The molecule has 1 aromatic carbocycles. The zero-order valence-corrected chi connectivity index (χ0v) is 23.2. The topological polar surface area (TPSA) is 57.0 Å². The molecule has 2 heterocycles. The number of benzene rings is 1. The van der Waals surface area contributed by atoms with Gasteiger partial charge >= 0.3 is 0 Å². The maximum absolute atomic E-state index is 12.8. The molecular weight excluding hydrogens is 462 g/mol. The van der Waals surface area contributed by atoms with E-state index in [9.17, 15) is 4.79 Å². The van der Waals surface area contributed by atoms with Gasteiger partial charge in [-0.05, 0) is 74.3 Å². The molecule has 2 aromatic heterocycles. The van der Waals surface area contributed by atoms with Gasteiger partial charge in [0, 0.05) is 29.3 Å². The lowest BCUT2D eigenvalue weighted by atomic mass is 10.0. The molecule has 7 heteroatoms. The molecule has 0 N–H and O–H groups in total. The van der Waals surface area contributed by atoms with Crippen LogP contribution < -0.4 is 0 Å². The first kappa shape index (κ1) is 26.3. The lowest BCUT2D eigenvalue weighted by Gasteiger charge is -2.36. The van der Waals surface area contributed by atoms with E-state index in [1.807, 2.05) is 61.0 Å². The highest BCUT2D eigenvalue weighted by Crippen LogP contribution is 2.37. The first-order chi connectivity index (χ1) is 15.9. The second kappa shape index (κ2) is 10.5. The number of hydrogen-bond donors (Lipinski definition) is 0. The fraction of sp³-hybridized carbons (Fsp3) is 0.444. The standard InChI is InChI=1S/C27H36ClN3O2Si/c1-19-15-25(31(30-19)24-10-8-9-22(28)17-24)13-14-26(32)16-21-11-12-23(29-20(21)2)18-33-34(6,7)27(3,4)5/h8-12,15,17H,13-14,16,18H2,1-7H3. The van der Waals surface area contributed by atoms with Gasteiger partial charge < -0.3 is 4.43 Å². The predicted octanol–water partition coefficient (Wildman–Crippen LogP) is 6.80. The van der Waals surface area contributed by atoms with Gasteiger partial charge in [0.2, 0.25) is 0 Å². The Bertz CT molecular complexity index is 1160. The van der Waals surface area contributed by atoms with E-state index in [0.29, 0.717) is 30.9 Å². The molecule has 5 nitrogen and oxygen atoms in total. The smallest absolute Gasteiger partial charge is 0.192 e. The molecule has 0 radical (unpaired) electrons. The van der Waals surface area contributed by atoms with Crippen molar-refractivity contribution in [1.29, 1.82) is 0 Å². The summed E-state index contributed by atoms with van der Waals surface area (Å²) in [6.45, 7) is 15.6. The molecule has 0 aliphatic carbocycles. The van der Waals surface area contributed by atoms with Crippen molar-refractivity contribution in [2.24, 2.45) is 0 Å². The molecule has 0 aliphatic rings. The number of aryl methyl sites for hydroxylation is 3. The number of nitrogens with zero attached hydrogens (tertiary/aromatic N) is 3.